The van der Waals surface area contributed by atoms with E-state index >= 15 is 0 Å². The molecule has 0 unspecified atom stereocenters. The molecule has 0 radical (unpaired) electrons. The maximum absolute atomic E-state index is 11.9. The van der Waals surface area contributed by atoms with Crippen molar-refractivity contribution in [2.75, 3.05) is 13.1 Å². The normalized spacial score (nSPS) is 12.1. The molecule has 0 fully saturated rings. The van der Waals surface area contributed by atoms with Gasteiger partial charge in [0.15, 0.2) is 5.82 Å². The van der Waals surface area contributed by atoms with Crippen LogP contribution in [0.15, 0.2) is 0 Å². The molecule has 0 atom stereocenters. The number of nitrogens with zero attached hydrogens (tertiary/aromatic N) is 3. The summed E-state index contributed by atoms with van der Waals surface area (Å²) in [5, 5.41) is 6.56. The van der Waals surface area contributed by atoms with Gasteiger partial charge in [-0.3, -0.25) is 0 Å². The lowest BCUT2D eigenvalue weighted by molar-refractivity contribution is -0.124. The Morgan fingerprint density at radius 1 is 1.24 bits per heavy atom. The Morgan fingerprint density at radius 2 is 1.94 bits per heavy atom. The Labute approximate surface area is 98.2 Å². The Bertz CT molecular complexity index is 346. The van der Waals surface area contributed by atoms with Gasteiger partial charge in [-0.15, -0.1) is 0 Å². The molecule has 0 spiro atoms. The van der Waals surface area contributed by atoms with Crippen LogP contribution in [0.5, 0.6) is 0 Å². The predicted molar refractivity (Wildman–Crippen MR) is 57.7 cm³/mol. The number of halogens is 3. The number of aryl methyl sites for hydroxylation is 2. The van der Waals surface area contributed by atoms with Crippen molar-refractivity contribution in [1.82, 2.24) is 20.1 Å². The summed E-state index contributed by atoms with van der Waals surface area (Å²) in [6, 6.07) is 0. The van der Waals surface area contributed by atoms with E-state index in [4.69, 9.17) is 0 Å². The first-order valence-corrected chi connectivity index (χ1v) is 5.66. The molecule has 0 saturated carbocycles. The van der Waals surface area contributed by atoms with Crippen molar-refractivity contribution >= 4 is 0 Å². The van der Waals surface area contributed by atoms with Crippen LogP contribution in [0.25, 0.3) is 0 Å². The quantitative estimate of drug-likeness (QED) is 0.779. The summed E-state index contributed by atoms with van der Waals surface area (Å²) in [4.78, 5) is 4.28. The number of hydrogen-bond donors (Lipinski definition) is 1. The molecule has 1 aromatic heterocycles. The zero-order chi connectivity index (χ0) is 12.9. The highest BCUT2D eigenvalue weighted by molar-refractivity contribution is 4.92. The van der Waals surface area contributed by atoms with Gasteiger partial charge in [-0.25, -0.2) is 9.67 Å². The van der Waals surface area contributed by atoms with Crippen LogP contribution in [0.4, 0.5) is 13.2 Å². The first kappa shape index (κ1) is 14.0. The second-order valence-electron chi connectivity index (χ2n) is 3.67. The topological polar surface area (TPSA) is 42.7 Å². The summed E-state index contributed by atoms with van der Waals surface area (Å²) in [7, 11) is 0. The largest absolute Gasteiger partial charge is 0.401 e. The summed E-state index contributed by atoms with van der Waals surface area (Å²) < 4.78 is 37.3. The molecule has 98 valence electrons. The molecule has 0 saturated heterocycles. The maximum Gasteiger partial charge on any atom is 0.401 e. The molecule has 1 heterocycles. The lowest BCUT2D eigenvalue weighted by atomic mass is 10.4. The third-order valence-corrected chi connectivity index (χ3v) is 2.25. The zero-order valence-corrected chi connectivity index (χ0v) is 10.0. The van der Waals surface area contributed by atoms with Gasteiger partial charge in [0.1, 0.15) is 5.82 Å². The van der Waals surface area contributed by atoms with E-state index in [1.807, 2.05) is 13.8 Å². The minimum atomic E-state index is -4.16. The minimum absolute atomic E-state index is 0.235. The zero-order valence-electron chi connectivity index (χ0n) is 10.0. The van der Waals surface area contributed by atoms with Crippen LogP contribution >= 0.6 is 0 Å². The van der Waals surface area contributed by atoms with Gasteiger partial charge in [0.05, 0.1) is 13.1 Å². The second kappa shape index (κ2) is 6.00. The van der Waals surface area contributed by atoms with Crippen LogP contribution in [-0.2, 0) is 19.4 Å². The molecule has 7 heteroatoms. The summed E-state index contributed by atoms with van der Waals surface area (Å²) in [5.41, 5.74) is 0. The highest BCUT2D eigenvalue weighted by atomic mass is 19.4. The molecule has 0 bridgehead atoms. The highest BCUT2D eigenvalue weighted by Gasteiger charge is 2.25. The van der Waals surface area contributed by atoms with E-state index in [-0.39, 0.29) is 6.54 Å². The van der Waals surface area contributed by atoms with Crippen molar-refractivity contribution in [1.29, 1.82) is 0 Å². The van der Waals surface area contributed by atoms with Gasteiger partial charge >= 0.3 is 6.18 Å². The molecule has 1 rings (SSSR count). The first-order chi connectivity index (χ1) is 7.96. The molecular formula is C10H17F3N4. The Morgan fingerprint density at radius 3 is 2.47 bits per heavy atom. The van der Waals surface area contributed by atoms with Gasteiger partial charge in [-0.1, -0.05) is 13.8 Å². The smallest absolute Gasteiger partial charge is 0.307 e. The van der Waals surface area contributed by atoms with Crippen molar-refractivity contribution < 1.29 is 13.2 Å². The van der Waals surface area contributed by atoms with Crippen molar-refractivity contribution in [3.05, 3.63) is 11.6 Å². The average Bonchev–Trinajstić information content (AvgIpc) is 2.65. The van der Waals surface area contributed by atoms with Crippen LogP contribution in [0.3, 0.4) is 0 Å². The molecule has 0 amide bonds. The molecule has 4 nitrogen and oxygen atoms in total. The monoisotopic (exact) mass is 250 g/mol. The molecule has 0 aromatic carbocycles. The fourth-order valence-electron chi connectivity index (χ4n) is 1.43. The predicted octanol–water partition coefficient (Wildman–Crippen LogP) is 1.55. The number of hydrogen-bond acceptors (Lipinski definition) is 3. The van der Waals surface area contributed by atoms with Gasteiger partial charge in [0, 0.05) is 19.4 Å². The molecule has 1 aromatic rings. The second-order valence-corrected chi connectivity index (χ2v) is 3.67. The van der Waals surface area contributed by atoms with Crippen molar-refractivity contribution in [2.24, 2.45) is 0 Å². The molecule has 17 heavy (non-hydrogen) atoms. The summed E-state index contributed by atoms with van der Waals surface area (Å²) >= 11 is 0. The van der Waals surface area contributed by atoms with Crippen molar-refractivity contribution in [2.45, 2.75) is 39.4 Å². The van der Waals surface area contributed by atoms with E-state index in [0.717, 1.165) is 24.5 Å². The van der Waals surface area contributed by atoms with Crippen LogP contribution < -0.4 is 5.32 Å². The van der Waals surface area contributed by atoms with Gasteiger partial charge in [0.2, 0.25) is 0 Å². The van der Waals surface area contributed by atoms with Gasteiger partial charge < -0.3 is 5.32 Å². The lowest BCUT2D eigenvalue weighted by Crippen LogP contribution is -2.31. The molecule has 0 aliphatic carbocycles. The Kier molecular flexibility index (Phi) is 4.92. The van der Waals surface area contributed by atoms with Crippen molar-refractivity contribution in [3.8, 4) is 0 Å². The average molecular weight is 250 g/mol. The number of rotatable bonds is 6. The Balaban J connectivity index is 2.43. The van der Waals surface area contributed by atoms with E-state index in [1.165, 1.54) is 0 Å². The molecule has 0 aliphatic rings. The van der Waals surface area contributed by atoms with E-state index in [2.05, 4.69) is 15.4 Å². The van der Waals surface area contributed by atoms with Crippen LogP contribution in [0.2, 0.25) is 0 Å². The fraction of sp³-hybridized carbons (Fsp3) is 0.800. The first-order valence-electron chi connectivity index (χ1n) is 5.66. The van der Waals surface area contributed by atoms with Crippen LogP contribution in [-0.4, -0.2) is 34.0 Å². The standard InChI is InChI=1S/C10H17F3N4/c1-3-8-15-9(4-2)17(16-8)6-5-14-7-10(11,12)13/h14H,3-7H2,1-2H3. The summed E-state index contributed by atoms with van der Waals surface area (Å²) in [6.07, 6.45) is -2.70. The summed E-state index contributed by atoms with van der Waals surface area (Å²) in [6.45, 7) is 3.57. The van der Waals surface area contributed by atoms with Crippen LogP contribution in [0.1, 0.15) is 25.5 Å². The highest BCUT2D eigenvalue weighted by Crippen LogP contribution is 2.11. The van der Waals surface area contributed by atoms with Gasteiger partial charge in [-0.2, -0.15) is 18.3 Å². The van der Waals surface area contributed by atoms with Crippen LogP contribution in [0, 0.1) is 0 Å². The SMILES string of the molecule is CCc1nc(CC)n(CCNCC(F)(F)F)n1. The minimum Gasteiger partial charge on any atom is -0.307 e. The third-order valence-electron chi connectivity index (χ3n) is 2.25. The number of nitrogens with one attached hydrogen (secondary N) is 1. The van der Waals surface area contributed by atoms with E-state index in [0.29, 0.717) is 6.54 Å². The number of aromatic nitrogens is 3. The van der Waals surface area contributed by atoms with E-state index in [9.17, 15) is 13.2 Å². The number of alkyl halides is 3. The van der Waals surface area contributed by atoms with E-state index < -0.39 is 12.7 Å². The molecular weight excluding hydrogens is 233 g/mol. The van der Waals surface area contributed by atoms with Gasteiger partial charge in [0.25, 0.3) is 0 Å². The van der Waals surface area contributed by atoms with E-state index in [1.54, 1.807) is 4.68 Å². The maximum atomic E-state index is 11.9. The summed E-state index contributed by atoms with van der Waals surface area (Å²) in [5.74, 6) is 1.55. The Hall–Kier alpha value is -1.11. The van der Waals surface area contributed by atoms with Crippen molar-refractivity contribution in [3.63, 3.8) is 0 Å². The lowest BCUT2D eigenvalue weighted by Gasteiger charge is -2.08. The fourth-order valence-corrected chi connectivity index (χ4v) is 1.43. The third kappa shape index (κ3) is 4.72. The molecule has 0 aliphatic heterocycles. The molecule has 1 N–H and O–H groups in total. The van der Waals surface area contributed by atoms with Gasteiger partial charge in [-0.05, 0) is 0 Å².